The molecule has 3 rings (SSSR count). The summed E-state index contributed by atoms with van der Waals surface area (Å²) >= 11 is 0. The van der Waals surface area contributed by atoms with Gasteiger partial charge in [-0.2, -0.15) is 5.10 Å². The van der Waals surface area contributed by atoms with Crippen molar-refractivity contribution < 1.29 is 9.18 Å². The molecule has 0 aliphatic carbocycles. The number of hydrogen-bond donors (Lipinski definition) is 1. The Morgan fingerprint density at radius 3 is 3.00 bits per heavy atom. The molecule has 1 atom stereocenters. The minimum Gasteiger partial charge on any atom is -0.342 e. The van der Waals surface area contributed by atoms with Gasteiger partial charge in [-0.3, -0.25) is 9.89 Å². The highest BCUT2D eigenvalue weighted by Gasteiger charge is 2.24. The SMILES string of the molecule is O=C(Cc1ccccc1F)N1CCC[C@H](Cc2ccn[nH]2)C1. The fourth-order valence-electron chi connectivity index (χ4n) is 3.08. The number of piperidine rings is 1. The summed E-state index contributed by atoms with van der Waals surface area (Å²) in [4.78, 5) is 14.3. The Labute approximate surface area is 129 Å². The van der Waals surface area contributed by atoms with Crippen molar-refractivity contribution in [1.29, 1.82) is 0 Å². The summed E-state index contributed by atoms with van der Waals surface area (Å²) < 4.78 is 13.7. The molecule has 1 aliphatic rings. The van der Waals surface area contributed by atoms with Gasteiger partial charge in [0.1, 0.15) is 5.82 Å². The van der Waals surface area contributed by atoms with Gasteiger partial charge in [0.15, 0.2) is 0 Å². The van der Waals surface area contributed by atoms with Crippen LogP contribution in [0.4, 0.5) is 4.39 Å². The van der Waals surface area contributed by atoms with Crippen LogP contribution in [0.2, 0.25) is 0 Å². The van der Waals surface area contributed by atoms with E-state index in [4.69, 9.17) is 0 Å². The molecular formula is C17H20FN3O. The number of nitrogens with zero attached hydrogens (tertiary/aromatic N) is 2. The first-order chi connectivity index (χ1) is 10.7. The summed E-state index contributed by atoms with van der Waals surface area (Å²) in [6, 6.07) is 8.47. The van der Waals surface area contributed by atoms with Gasteiger partial charge in [0.25, 0.3) is 0 Å². The fraction of sp³-hybridized carbons (Fsp3) is 0.412. The number of H-pyrrole nitrogens is 1. The molecule has 1 amide bonds. The topological polar surface area (TPSA) is 49.0 Å². The van der Waals surface area contributed by atoms with Crippen molar-refractivity contribution in [3.05, 3.63) is 53.6 Å². The third kappa shape index (κ3) is 3.53. The van der Waals surface area contributed by atoms with Gasteiger partial charge in [0, 0.05) is 25.0 Å². The Bertz CT molecular complexity index is 627. The first-order valence-corrected chi connectivity index (χ1v) is 7.72. The lowest BCUT2D eigenvalue weighted by Crippen LogP contribution is -2.41. The van der Waals surface area contributed by atoms with Crippen LogP contribution in [0.15, 0.2) is 36.5 Å². The molecule has 1 fully saturated rings. The van der Waals surface area contributed by atoms with Gasteiger partial charge in [-0.05, 0) is 42.9 Å². The molecule has 0 spiro atoms. The molecular weight excluding hydrogens is 281 g/mol. The zero-order valence-electron chi connectivity index (χ0n) is 12.5. The van der Waals surface area contributed by atoms with Crippen LogP contribution in [0.25, 0.3) is 0 Å². The molecule has 1 aliphatic heterocycles. The van der Waals surface area contributed by atoms with Crippen LogP contribution in [0, 0.1) is 11.7 Å². The van der Waals surface area contributed by atoms with Gasteiger partial charge in [0.05, 0.1) is 6.42 Å². The number of benzene rings is 1. The van der Waals surface area contributed by atoms with Gasteiger partial charge in [-0.1, -0.05) is 18.2 Å². The predicted molar refractivity (Wildman–Crippen MR) is 81.7 cm³/mol. The van der Waals surface area contributed by atoms with E-state index >= 15 is 0 Å². The average molecular weight is 301 g/mol. The van der Waals surface area contributed by atoms with Gasteiger partial charge in [0.2, 0.25) is 5.91 Å². The molecule has 1 N–H and O–H groups in total. The van der Waals surface area contributed by atoms with E-state index in [1.54, 1.807) is 24.4 Å². The number of halogens is 1. The van der Waals surface area contributed by atoms with E-state index in [1.165, 1.54) is 6.07 Å². The Balaban J connectivity index is 1.59. The highest BCUT2D eigenvalue weighted by atomic mass is 19.1. The van der Waals surface area contributed by atoms with Crippen LogP contribution in [0.3, 0.4) is 0 Å². The van der Waals surface area contributed by atoms with Crippen LogP contribution >= 0.6 is 0 Å². The zero-order chi connectivity index (χ0) is 15.4. The molecule has 22 heavy (non-hydrogen) atoms. The van der Waals surface area contributed by atoms with Gasteiger partial charge >= 0.3 is 0 Å². The molecule has 1 saturated heterocycles. The third-order valence-corrected chi connectivity index (χ3v) is 4.24. The molecule has 0 radical (unpaired) electrons. The number of aromatic amines is 1. The van der Waals surface area contributed by atoms with Crippen LogP contribution in [0.5, 0.6) is 0 Å². The van der Waals surface area contributed by atoms with E-state index in [-0.39, 0.29) is 18.1 Å². The summed E-state index contributed by atoms with van der Waals surface area (Å²) in [6.45, 7) is 1.51. The van der Waals surface area contributed by atoms with E-state index in [0.717, 1.165) is 38.0 Å². The van der Waals surface area contributed by atoms with Crippen molar-refractivity contribution in [3.63, 3.8) is 0 Å². The van der Waals surface area contributed by atoms with Crippen molar-refractivity contribution in [1.82, 2.24) is 15.1 Å². The van der Waals surface area contributed by atoms with Crippen molar-refractivity contribution in [3.8, 4) is 0 Å². The summed E-state index contributed by atoms with van der Waals surface area (Å²) in [5, 5.41) is 6.93. The molecule has 0 unspecified atom stereocenters. The monoisotopic (exact) mass is 301 g/mol. The van der Waals surface area contributed by atoms with Crippen LogP contribution in [-0.4, -0.2) is 34.1 Å². The number of rotatable bonds is 4. The van der Waals surface area contributed by atoms with E-state index in [9.17, 15) is 9.18 Å². The van der Waals surface area contributed by atoms with Gasteiger partial charge < -0.3 is 4.90 Å². The first kappa shape index (κ1) is 14.8. The Morgan fingerprint density at radius 1 is 1.36 bits per heavy atom. The molecule has 2 aromatic rings. The largest absolute Gasteiger partial charge is 0.342 e. The lowest BCUT2D eigenvalue weighted by molar-refractivity contribution is -0.132. The normalized spacial score (nSPS) is 18.4. The Morgan fingerprint density at radius 2 is 2.23 bits per heavy atom. The number of carbonyl (C=O) groups is 1. The van der Waals surface area contributed by atoms with Crippen LogP contribution in [0.1, 0.15) is 24.1 Å². The predicted octanol–water partition coefficient (Wildman–Crippen LogP) is 2.57. The van der Waals surface area contributed by atoms with Crippen molar-refractivity contribution in [2.75, 3.05) is 13.1 Å². The second kappa shape index (κ2) is 6.73. The quantitative estimate of drug-likeness (QED) is 0.943. The molecule has 1 aromatic heterocycles. The average Bonchev–Trinajstić information content (AvgIpc) is 3.03. The van der Waals surface area contributed by atoms with E-state index in [1.807, 2.05) is 11.0 Å². The van der Waals surface area contributed by atoms with Gasteiger partial charge in [-0.15, -0.1) is 0 Å². The summed E-state index contributed by atoms with van der Waals surface area (Å²) in [6.07, 6.45) is 4.91. The molecule has 1 aromatic carbocycles. The minimum absolute atomic E-state index is 0.0133. The number of aromatic nitrogens is 2. The van der Waals surface area contributed by atoms with E-state index in [0.29, 0.717) is 11.5 Å². The van der Waals surface area contributed by atoms with Crippen molar-refractivity contribution in [2.45, 2.75) is 25.7 Å². The molecule has 5 heteroatoms. The fourth-order valence-corrected chi connectivity index (χ4v) is 3.08. The summed E-state index contributed by atoms with van der Waals surface area (Å²) in [5.74, 6) is 0.153. The van der Waals surface area contributed by atoms with Gasteiger partial charge in [-0.25, -0.2) is 4.39 Å². The number of amides is 1. The Hall–Kier alpha value is -2.17. The highest BCUT2D eigenvalue weighted by molar-refractivity contribution is 5.78. The van der Waals surface area contributed by atoms with Crippen LogP contribution < -0.4 is 0 Å². The van der Waals surface area contributed by atoms with Crippen molar-refractivity contribution in [2.24, 2.45) is 5.92 Å². The highest BCUT2D eigenvalue weighted by Crippen LogP contribution is 2.21. The van der Waals surface area contributed by atoms with Crippen molar-refractivity contribution >= 4 is 5.91 Å². The standard InChI is InChI=1S/C17H20FN3O/c18-16-6-2-1-5-14(16)11-17(22)21-9-3-4-13(12-21)10-15-7-8-19-20-15/h1-2,5-8,13H,3-4,9-12H2,(H,19,20)/t13-/m1/s1. The third-order valence-electron chi connectivity index (χ3n) is 4.24. The first-order valence-electron chi connectivity index (χ1n) is 7.72. The summed E-state index contributed by atoms with van der Waals surface area (Å²) in [7, 11) is 0. The maximum Gasteiger partial charge on any atom is 0.227 e. The number of likely N-dealkylation sites (tertiary alicyclic amines) is 1. The molecule has 0 bridgehead atoms. The molecule has 0 saturated carbocycles. The summed E-state index contributed by atoms with van der Waals surface area (Å²) in [5.41, 5.74) is 1.58. The number of carbonyl (C=O) groups excluding carboxylic acids is 1. The van der Waals surface area contributed by atoms with E-state index in [2.05, 4.69) is 10.2 Å². The molecule has 116 valence electrons. The lowest BCUT2D eigenvalue weighted by Gasteiger charge is -2.32. The second-order valence-corrected chi connectivity index (χ2v) is 5.90. The molecule has 4 nitrogen and oxygen atoms in total. The van der Waals surface area contributed by atoms with Crippen LogP contribution in [-0.2, 0) is 17.6 Å². The number of hydrogen-bond acceptors (Lipinski definition) is 2. The second-order valence-electron chi connectivity index (χ2n) is 5.90. The zero-order valence-corrected chi connectivity index (χ0v) is 12.5. The Kier molecular flexibility index (Phi) is 4.51. The maximum atomic E-state index is 13.7. The smallest absolute Gasteiger partial charge is 0.227 e. The molecule has 2 heterocycles. The van der Waals surface area contributed by atoms with E-state index < -0.39 is 0 Å². The minimum atomic E-state index is -0.304. The number of nitrogens with one attached hydrogen (secondary N) is 1. The maximum absolute atomic E-state index is 13.7. The lowest BCUT2D eigenvalue weighted by atomic mass is 9.93.